The van der Waals surface area contributed by atoms with Crippen LogP contribution in [0.1, 0.15) is 15.9 Å². The van der Waals surface area contributed by atoms with Gasteiger partial charge >= 0.3 is 0 Å². The molecule has 0 bridgehead atoms. The van der Waals surface area contributed by atoms with Crippen LogP contribution in [0, 0.1) is 0 Å². The molecule has 0 unspecified atom stereocenters. The van der Waals surface area contributed by atoms with E-state index in [2.05, 4.69) is 20.6 Å². The first kappa shape index (κ1) is 20.8. The van der Waals surface area contributed by atoms with Crippen molar-refractivity contribution >= 4 is 34.9 Å². The van der Waals surface area contributed by atoms with Gasteiger partial charge in [-0.1, -0.05) is 18.2 Å². The molecule has 0 saturated carbocycles. The number of carbonyl (C=O) groups excluding carboxylic acids is 1. The maximum absolute atomic E-state index is 13.0. The normalized spacial score (nSPS) is 10.7. The molecule has 6 nitrogen and oxygen atoms in total. The van der Waals surface area contributed by atoms with E-state index in [9.17, 15) is 4.79 Å². The summed E-state index contributed by atoms with van der Waals surface area (Å²) in [6.45, 7) is 0. The number of rotatable bonds is 8. The number of ketones is 1. The third kappa shape index (κ3) is 5.17. The summed E-state index contributed by atoms with van der Waals surface area (Å²) >= 11 is 0. The lowest BCUT2D eigenvalue weighted by Crippen LogP contribution is -2.03. The third-order valence-electron chi connectivity index (χ3n) is 4.72. The molecular formula is C26H22N4O2. The van der Waals surface area contributed by atoms with Gasteiger partial charge in [0.05, 0.1) is 12.7 Å². The molecule has 6 heteroatoms. The van der Waals surface area contributed by atoms with E-state index in [0.29, 0.717) is 17.2 Å². The number of carbonyl (C=O) groups is 1. The molecule has 2 N–H and O–H groups in total. The first-order valence-electron chi connectivity index (χ1n) is 10.1. The lowest BCUT2D eigenvalue weighted by molar-refractivity contribution is 0.104. The number of pyridine rings is 2. The number of aromatic nitrogens is 2. The average molecular weight is 422 g/mol. The summed E-state index contributed by atoms with van der Waals surface area (Å²) in [5, 5.41) is 6.48. The molecule has 0 fully saturated rings. The van der Waals surface area contributed by atoms with E-state index in [0.717, 1.165) is 22.7 Å². The number of hydrogen-bond donors (Lipinski definition) is 2. The fourth-order valence-electron chi connectivity index (χ4n) is 3.08. The van der Waals surface area contributed by atoms with Crippen molar-refractivity contribution in [1.82, 2.24) is 9.97 Å². The SMILES string of the molecule is COc1ccc(Nc2ncccc2C(=O)C=Cc2cccnc2Nc2ccccc2)cc1. The zero-order valence-electron chi connectivity index (χ0n) is 17.5. The fourth-order valence-corrected chi connectivity index (χ4v) is 3.08. The second-order valence-corrected chi connectivity index (χ2v) is 6.88. The molecule has 0 radical (unpaired) electrons. The second-order valence-electron chi connectivity index (χ2n) is 6.88. The standard InChI is InChI=1S/C26H22N4O2/c1-32-22-14-12-21(13-15-22)30-26-23(10-6-18-28-26)24(31)16-11-19-7-5-17-27-25(19)29-20-8-3-2-4-9-20/h2-18H,1H3,(H,27,29)(H,28,30). The number of methoxy groups -OCH3 is 1. The quantitative estimate of drug-likeness (QED) is 0.273. The number of nitrogens with zero attached hydrogens (tertiary/aromatic N) is 2. The molecule has 0 spiro atoms. The molecule has 4 rings (SSSR count). The van der Waals surface area contributed by atoms with Crippen molar-refractivity contribution in [2.45, 2.75) is 0 Å². The molecule has 0 amide bonds. The summed E-state index contributed by atoms with van der Waals surface area (Å²) in [7, 11) is 1.62. The van der Waals surface area contributed by atoms with E-state index >= 15 is 0 Å². The topological polar surface area (TPSA) is 76.1 Å². The summed E-state index contributed by atoms with van der Waals surface area (Å²) in [6.07, 6.45) is 6.64. The van der Waals surface area contributed by atoms with Crippen LogP contribution in [0.25, 0.3) is 6.08 Å². The Morgan fingerprint density at radius 2 is 1.44 bits per heavy atom. The molecule has 158 valence electrons. The Balaban J connectivity index is 1.53. The van der Waals surface area contributed by atoms with Crippen LogP contribution in [0.15, 0.2) is 97.3 Å². The molecule has 0 saturated heterocycles. The Labute approximate surface area is 186 Å². The Morgan fingerprint density at radius 3 is 2.19 bits per heavy atom. The van der Waals surface area contributed by atoms with Gasteiger partial charge in [0.2, 0.25) is 0 Å². The number of anilines is 4. The Bertz CT molecular complexity index is 1220. The van der Waals surface area contributed by atoms with E-state index in [4.69, 9.17) is 4.74 Å². The van der Waals surface area contributed by atoms with Crippen LogP contribution in [-0.4, -0.2) is 22.9 Å². The van der Waals surface area contributed by atoms with Crippen molar-refractivity contribution in [2.75, 3.05) is 17.7 Å². The molecule has 0 aliphatic heterocycles. The van der Waals surface area contributed by atoms with Crippen LogP contribution in [0.4, 0.5) is 23.0 Å². The largest absolute Gasteiger partial charge is 0.497 e. The summed E-state index contributed by atoms with van der Waals surface area (Å²) in [4.78, 5) is 21.7. The smallest absolute Gasteiger partial charge is 0.189 e. The van der Waals surface area contributed by atoms with Crippen LogP contribution in [-0.2, 0) is 0 Å². The van der Waals surface area contributed by atoms with Crippen LogP contribution in [0.2, 0.25) is 0 Å². The predicted molar refractivity (Wildman–Crippen MR) is 128 cm³/mol. The molecule has 0 aliphatic carbocycles. The molecule has 2 heterocycles. The third-order valence-corrected chi connectivity index (χ3v) is 4.72. The summed E-state index contributed by atoms with van der Waals surface area (Å²) in [6, 6.07) is 24.4. The van der Waals surface area contributed by atoms with Gasteiger partial charge in [0.1, 0.15) is 17.4 Å². The van der Waals surface area contributed by atoms with Gasteiger partial charge in [0.15, 0.2) is 5.78 Å². The van der Waals surface area contributed by atoms with E-state index in [-0.39, 0.29) is 5.78 Å². The molecule has 0 aliphatic rings. The van der Waals surface area contributed by atoms with Gasteiger partial charge in [0, 0.05) is 29.3 Å². The van der Waals surface area contributed by atoms with E-state index in [1.54, 1.807) is 37.7 Å². The van der Waals surface area contributed by atoms with Gasteiger partial charge in [-0.15, -0.1) is 0 Å². The van der Waals surface area contributed by atoms with Crippen LogP contribution in [0.3, 0.4) is 0 Å². The van der Waals surface area contributed by atoms with Crippen molar-refractivity contribution < 1.29 is 9.53 Å². The van der Waals surface area contributed by atoms with Crippen LogP contribution in [0.5, 0.6) is 5.75 Å². The lowest BCUT2D eigenvalue weighted by atomic mass is 10.1. The highest BCUT2D eigenvalue weighted by Gasteiger charge is 2.11. The van der Waals surface area contributed by atoms with Gasteiger partial charge in [-0.3, -0.25) is 4.79 Å². The average Bonchev–Trinajstić information content (AvgIpc) is 2.85. The highest BCUT2D eigenvalue weighted by molar-refractivity contribution is 6.10. The van der Waals surface area contributed by atoms with Crippen LogP contribution < -0.4 is 15.4 Å². The summed E-state index contributed by atoms with van der Waals surface area (Å²) < 4.78 is 5.19. The number of nitrogens with one attached hydrogen (secondary N) is 2. The maximum atomic E-state index is 13.0. The van der Waals surface area contributed by atoms with Gasteiger partial charge in [0.25, 0.3) is 0 Å². The van der Waals surface area contributed by atoms with Gasteiger partial charge in [-0.05, 0) is 72.8 Å². The lowest BCUT2D eigenvalue weighted by Gasteiger charge is -2.10. The maximum Gasteiger partial charge on any atom is 0.189 e. The molecule has 32 heavy (non-hydrogen) atoms. The van der Waals surface area contributed by atoms with E-state index in [1.807, 2.05) is 66.7 Å². The number of ether oxygens (including phenoxy) is 1. The minimum Gasteiger partial charge on any atom is -0.497 e. The first-order chi connectivity index (χ1) is 15.7. The number of para-hydroxylation sites is 1. The van der Waals surface area contributed by atoms with Crippen molar-refractivity contribution in [3.05, 3.63) is 108 Å². The number of allylic oxidation sites excluding steroid dienone is 1. The van der Waals surface area contributed by atoms with Crippen molar-refractivity contribution in [3.8, 4) is 5.75 Å². The van der Waals surface area contributed by atoms with Crippen LogP contribution >= 0.6 is 0 Å². The predicted octanol–water partition coefficient (Wildman–Crippen LogP) is 5.87. The summed E-state index contributed by atoms with van der Waals surface area (Å²) in [5.41, 5.74) is 3.01. The van der Waals surface area contributed by atoms with Gasteiger partial charge in [-0.2, -0.15) is 0 Å². The molecular weight excluding hydrogens is 400 g/mol. The molecule has 0 atom stereocenters. The number of benzene rings is 2. The monoisotopic (exact) mass is 422 g/mol. The fraction of sp³-hybridized carbons (Fsp3) is 0.0385. The number of hydrogen-bond acceptors (Lipinski definition) is 6. The van der Waals surface area contributed by atoms with Crippen molar-refractivity contribution in [2.24, 2.45) is 0 Å². The molecule has 4 aromatic rings. The zero-order chi connectivity index (χ0) is 22.2. The van der Waals surface area contributed by atoms with Crippen molar-refractivity contribution in [3.63, 3.8) is 0 Å². The second kappa shape index (κ2) is 10.0. The van der Waals surface area contributed by atoms with E-state index in [1.165, 1.54) is 6.08 Å². The molecule has 2 aromatic heterocycles. The minimum absolute atomic E-state index is 0.163. The minimum atomic E-state index is -0.163. The first-order valence-corrected chi connectivity index (χ1v) is 10.1. The van der Waals surface area contributed by atoms with Gasteiger partial charge < -0.3 is 15.4 Å². The highest BCUT2D eigenvalue weighted by atomic mass is 16.5. The Morgan fingerprint density at radius 1 is 0.781 bits per heavy atom. The molecule has 2 aromatic carbocycles. The summed E-state index contributed by atoms with van der Waals surface area (Å²) in [5.74, 6) is 1.75. The van der Waals surface area contributed by atoms with Crippen molar-refractivity contribution in [1.29, 1.82) is 0 Å². The van der Waals surface area contributed by atoms with Gasteiger partial charge in [-0.25, -0.2) is 9.97 Å². The Kier molecular flexibility index (Phi) is 6.53. The Hall–Kier alpha value is -4.45. The zero-order valence-corrected chi connectivity index (χ0v) is 17.5. The van der Waals surface area contributed by atoms with E-state index < -0.39 is 0 Å². The highest BCUT2D eigenvalue weighted by Crippen LogP contribution is 2.23.